The molecule has 3 rings (SSSR count). The van der Waals surface area contributed by atoms with E-state index in [1.54, 1.807) is 31.3 Å². The first-order chi connectivity index (χ1) is 12.7. The van der Waals surface area contributed by atoms with Crippen LogP contribution in [-0.4, -0.2) is 43.1 Å². The lowest BCUT2D eigenvalue weighted by atomic mass is 10.1. The molecule has 0 saturated carbocycles. The first-order valence-electron chi connectivity index (χ1n) is 8.12. The standard InChI is InChI=1S/C18H20N2O6S/c1-19(11-16(21)12-4-6-13(25-3)7-5-12)27(23,24)14-8-9-15-17(10-14)26-18(22)20(15)2/h4-10,16,21H,11H2,1-3H3. The van der Waals surface area contributed by atoms with Gasteiger partial charge in [-0.1, -0.05) is 12.1 Å². The summed E-state index contributed by atoms with van der Waals surface area (Å²) in [5.41, 5.74) is 1.26. The van der Waals surface area contributed by atoms with Gasteiger partial charge in [-0.25, -0.2) is 13.2 Å². The Kier molecular flexibility index (Phi) is 5.09. The number of ether oxygens (including phenoxy) is 1. The van der Waals surface area contributed by atoms with E-state index >= 15 is 0 Å². The Hall–Kier alpha value is -2.62. The number of aryl methyl sites for hydroxylation is 1. The number of hydrogen-bond acceptors (Lipinski definition) is 6. The zero-order valence-electron chi connectivity index (χ0n) is 15.1. The molecule has 27 heavy (non-hydrogen) atoms. The topological polar surface area (TPSA) is 102 Å². The zero-order valence-corrected chi connectivity index (χ0v) is 15.9. The van der Waals surface area contributed by atoms with E-state index in [2.05, 4.69) is 0 Å². The second-order valence-electron chi connectivity index (χ2n) is 6.13. The van der Waals surface area contributed by atoms with Crippen molar-refractivity contribution >= 4 is 21.1 Å². The fraction of sp³-hybridized carbons (Fsp3) is 0.278. The first kappa shape index (κ1) is 19.2. The first-order valence-corrected chi connectivity index (χ1v) is 9.56. The van der Waals surface area contributed by atoms with Gasteiger partial charge in [0.05, 0.1) is 23.6 Å². The van der Waals surface area contributed by atoms with Crippen molar-refractivity contribution in [3.63, 3.8) is 0 Å². The molecule has 0 fully saturated rings. The van der Waals surface area contributed by atoms with Gasteiger partial charge in [0.2, 0.25) is 10.0 Å². The number of nitrogens with zero attached hydrogens (tertiary/aromatic N) is 2. The molecule has 0 amide bonds. The predicted molar refractivity (Wildman–Crippen MR) is 99.2 cm³/mol. The van der Waals surface area contributed by atoms with Gasteiger partial charge in [-0.05, 0) is 29.8 Å². The summed E-state index contributed by atoms with van der Waals surface area (Å²) in [4.78, 5) is 11.6. The molecule has 8 nitrogen and oxygen atoms in total. The highest BCUT2D eigenvalue weighted by Crippen LogP contribution is 2.23. The minimum atomic E-state index is -3.87. The number of likely N-dealkylation sites (N-methyl/N-ethyl adjacent to an activating group) is 1. The van der Waals surface area contributed by atoms with Crippen LogP contribution >= 0.6 is 0 Å². The van der Waals surface area contributed by atoms with Crippen LogP contribution in [0.2, 0.25) is 0 Å². The summed E-state index contributed by atoms with van der Waals surface area (Å²) < 4.78 is 38.1. The Balaban J connectivity index is 1.84. The second kappa shape index (κ2) is 7.18. The van der Waals surface area contributed by atoms with E-state index < -0.39 is 21.9 Å². The molecule has 1 heterocycles. The molecule has 144 valence electrons. The van der Waals surface area contributed by atoms with E-state index in [0.29, 0.717) is 16.8 Å². The lowest BCUT2D eigenvalue weighted by Crippen LogP contribution is -2.31. The average molecular weight is 392 g/mol. The number of methoxy groups -OCH3 is 1. The van der Waals surface area contributed by atoms with Crippen molar-refractivity contribution in [3.8, 4) is 5.75 Å². The molecule has 0 bridgehead atoms. The van der Waals surface area contributed by atoms with Gasteiger partial charge in [0, 0.05) is 26.7 Å². The van der Waals surface area contributed by atoms with Gasteiger partial charge in [-0.3, -0.25) is 4.57 Å². The predicted octanol–water partition coefficient (Wildman–Crippen LogP) is 1.49. The molecule has 0 saturated heterocycles. The molecule has 1 N–H and O–H groups in total. The van der Waals surface area contributed by atoms with Gasteiger partial charge >= 0.3 is 5.76 Å². The van der Waals surface area contributed by atoms with Crippen molar-refractivity contribution in [3.05, 3.63) is 58.6 Å². The maximum atomic E-state index is 12.8. The van der Waals surface area contributed by atoms with E-state index in [1.165, 1.54) is 36.9 Å². The molecule has 0 aliphatic carbocycles. The van der Waals surface area contributed by atoms with Gasteiger partial charge in [-0.15, -0.1) is 0 Å². The molecule has 1 unspecified atom stereocenters. The van der Waals surface area contributed by atoms with E-state index in [4.69, 9.17) is 9.15 Å². The van der Waals surface area contributed by atoms with Crippen LogP contribution < -0.4 is 10.5 Å². The monoisotopic (exact) mass is 392 g/mol. The summed E-state index contributed by atoms with van der Waals surface area (Å²) in [7, 11) is 0.590. The van der Waals surface area contributed by atoms with Crippen LogP contribution in [0.3, 0.4) is 0 Å². The SMILES string of the molecule is COc1ccc(C(O)CN(C)S(=O)(=O)c2ccc3c(c2)oc(=O)n3C)cc1. The summed E-state index contributed by atoms with van der Waals surface area (Å²) in [6, 6.07) is 11.0. The average Bonchev–Trinajstić information content (AvgIpc) is 2.95. The third kappa shape index (κ3) is 3.61. The third-order valence-electron chi connectivity index (χ3n) is 4.40. The fourth-order valence-electron chi connectivity index (χ4n) is 2.73. The van der Waals surface area contributed by atoms with Crippen LogP contribution in [0.15, 0.2) is 56.6 Å². The van der Waals surface area contributed by atoms with Gasteiger partial charge in [-0.2, -0.15) is 4.31 Å². The van der Waals surface area contributed by atoms with Crippen molar-refractivity contribution in [2.45, 2.75) is 11.0 Å². The summed E-state index contributed by atoms with van der Waals surface area (Å²) in [5.74, 6) is 0.0763. The van der Waals surface area contributed by atoms with Gasteiger partial charge in [0.1, 0.15) is 5.75 Å². The highest BCUT2D eigenvalue weighted by molar-refractivity contribution is 7.89. The second-order valence-corrected chi connectivity index (χ2v) is 8.18. The smallest absolute Gasteiger partial charge is 0.419 e. The van der Waals surface area contributed by atoms with Crippen LogP contribution in [0, 0.1) is 0 Å². The Labute approximate surface area is 156 Å². The van der Waals surface area contributed by atoms with Gasteiger partial charge < -0.3 is 14.3 Å². The van der Waals surface area contributed by atoms with Crippen LogP contribution in [-0.2, 0) is 17.1 Å². The normalized spacial score (nSPS) is 13.2. The van der Waals surface area contributed by atoms with E-state index in [-0.39, 0.29) is 17.0 Å². The Morgan fingerprint density at radius 3 is 2.52 bits per heavy atom. The maximum Gasteiger partial charge on any atom is 0.419 e. The number of hydrogen-bond donors (Lipinski definition) is 1. The molecule has 2 aromatic carbocycles. The number of aliphatic hydroxyl groups is 1. The summed E-state index contributed by atoms with van der Waals surface area (Å²) in [6.07, 6.45) is -1.01. The number of fused-ring (bicyclic) bond motifs is 1. The molecule has 3 aromatic rings. The quantitative estimate of drug-likeness (QED) is 0.682. The molecular weight excluding hydrogens is 372 g/mol. The number of aliphatic hydroxyl groups excluding tert-OH is 1. The van der Waals surface area contributed by atoms with Crippen LogP contribution in [0.4, 0.5) is 0 Å². The van der Waals surface area contributed by atoms with Crippen molar-refractivity contribution in [1.29, 1.82) is 0 Å². The highest BCUT2D eigenvalue weighted by Gasteiger charge is 2.25. The summed E-state index contributed by atoms with van der Waals surface area (Å²) >= 11 is 0. The fourth-order valence-corrected chi connectivity index (χ4v) is 3.92. The molecule has 1 atom stereocenters. The summed E-state index contributed by atoms with van der Waals surface area (Å²) in [5, 5.41) is 10.4. The van der Waals surface area contributed by atoms with Crippen LogP contribution in [0.25, 0.3) is 11.1 Å². The van der Waals surface area contributed by atoms with Crippen molar-refractivity contribution in [2.75, 3.05) is 20.7 Å². The van der Waals surface area contributed by atoms with Crippen molar-refractivity contribution in [1.82, 2.24) is 8.87 Å². The summed E-state index contributed by atoms with van der Waals surface area (Å²) in [6.45, 7) is -0.133. The molecule has 0 spiro atoms. The highest BCUT2D eigenvalue weighted by atomic mass is 32.2. The Morgan fingerprint density at radius 1 is 1.22 bits per heavy atom. The number of rotatable bonds is 6. The number of aromatic nitrogens is 1. The van der Waals surface area contributed by atoms with Gasteiger partial charge in [0.15, 0.2) is 5.58 Å². The number of oxazole rings is 1. The Bertz CT molecular complexity index is 1110. The lowest BCUT2D eigenvalue weighted by Gasteiger charge is -2.21. The van der Waals surface area contributed by atoms with Gasteiger partial charge in [0.25, 0.3) is 0 Å². The molecule has 0 aliphatic heterocycles. The minimum Gasteiger partial charge on any atom is -0.497 e. The van der Waals surface area contributed by atoms with Crippen LogP contribution in [0.1, 0.15) is 11.7 Å². The van der Waals surface area contributed by atoms with E-state index in [9.17, 15) is 18.3 Å². The van der Waals surface area contributed by atoms with E-state index in [0.717, 1.165) is 4.31 Å². The van der Waals surface area contributed by atoms with Crippen molar-refractivity contribution < 1.29 is 22.7 Å². The minimum absolute atomic E-state index is 0.0196. The lowest BCUT2D eigenvalue weighted by molar-refractivity contribution is 0.155. The molecule has 9 heteroatoms. The Morgan fingerprint density at radius 2 is 1.89 bits per heavy atom. The number of benzene rings is 2. The third-order valence-corrected chi connectivity index (χ3v) is 6.22. The number of sulfonamides is 1. The molecule has 1 aromatic heterocycles. The van der Waals surface area contributed by atoms with Crippen LogP contribution in [0.5, 0.6) is 5.75 Å². The van der Waals surface area contributed by atoms with E-state index in [1.807, 2.05) is 0 Å². The van der Waals surface area contributed by atoms with Crippen molar-refractivity contribution in [2.24, 2.45) is 7.05 Å². The molecule has 0 radical (unpaired) electrons. The maximum absolute atomic E-state index is 12.8. The molecular formula is C18H20N2O6S. The largest absolute Gasteiger partial charge is 0.497 e. The molecule has 0 aliphatic rings. The zero-order chi connectivity index (χ0) is 19.8.